The van der Waals surface area contributed by atoms with Crippen molar-refractivity contribution in [3.05, 3.63) is 33.9 Å². The summed E-state index contributed by atoms with van der Waals surface area (Å²) < 4.78 is 0. The lowest BCUT2D eigenvalue weighted by Crippen LogP contribution is -2.18. The molecule has 0 spiro atoms. The number of carbonyl (C=O) groups is 1. The van der Waals surface area contributed by atoms with E-state index in [1.807, 2.05) is 0 Å². The van der Waals surface area contributed by atoms with E-state index in [-0.39, 0.29) is 17.2 Å². The Bertz CT molecular complexity index is 480. The molecule has 0 aliphatic heterocycles. The maximum atomic E-state index is 11.5. The first-order valence-electron chi connectivity index (χ1n) is 6.33. The molecule has 0 aromatic heterocycles. The summed E-state index contributed by atoms with van der Waals surface area (Å²) in [7, 11) is 1.49. The van der Waals surface area contributed by atoms with E-state index in [0.717, 1.165) is 18.6 Å². The molecule has 1 amide bonds. The monoisotopic (exact) mass is 297 g/mol. The first-order chi connectivity index (χ1) is 9.60. The second-order valence-corrected chi connectivity index (χ2v) is 5.18. The Morgan fingerprint density at radius 1 is 1.40 bits per heavy atom. The second-order valence-electron chi connectivity index (χ2n) is 4.19. The number of carbonyl (C=O) groups excluding carboxylic acids is 1. The molecular formula is C13H19N3O3S. The van der Waals surface area contributed by atoms with Crippen molar-refractivity contribution in [3.63, 3.8) is 0 Å². The van der Waals surface area contributed by atoms with E-state index < -0.39 is 4.92 Å². The fourth-order valence-electron chi connectivity index (χ4n) is 1.71. The number of nitrogens with zero attached hydrogens (tertiary/aromatic N) is 1. The largest absolute Gasteiger partial charge is 0.379 e. The number of nitrogens with one attached hydrogen (secondary N) is 2. The predicted octanol–water partition coefficient (Wildman–Crippen LogP) is 2.51. The number of hydrogen-bond acceptors (Lipinski definition) is 5. The van der Waals surface area contributed by atoms with Crippen LogP contribution in [-0.2, 0) is 0 Å². The van der Waals surface area contributed by atoms with Gasteiger partial charge in [-0.15, -0.1) is 0 Å². The number of nitro groups is 1. The van der Waals surface area contributed by atoms with Gasteiger partial charge >= 0.3 is 0 Å². The molecule has 0 aliphatic carbocycles. The van der Waals surface area contributed by atoms with Crippen LogP contribution < -0.4 is 10.6 Å². The molecule has 110 valence electrons. The number of benzene rings is 1. The van der Waals surface area contributed by atoms with Gasteiger partial charge in [0.05, 0.1) is 4.92 Å². The van der Waals surface area contributed by atoms with Crippen molar-refractivity contribution in [1.82, 2.24) is 5.32 Å². The molecule has 0 fully saturated rings. The number of anilines is 1. The lowest BCUT2D eigenvalue weighted by molar-refractivity contribution is -0.384. The molecule has 0 atom stereocenters. The van der Waals surface area contributed by atoms with Gasteiger partial charge in [-0.3, -0.25) is 14.9 Å². The van der Waals surface area contributed by atoms with Crippen LogP contribution in [0.1, 0.15) is 23.2 Å². The molecule has 0 bridgehead atoms. The molecule has 20 heavy (non-hydrogen) atoms. The molecule has 0 saturated carbocycles. The molecule has 6 nitrogen and oxygen atoms in total. The fourth-order valence-corrected chi connectivity index (χ4v) is 2.21. The Morgan fingerprint density at radius 3 is 2.75 bits per heavy atom. The highest BCUT2D eigenvalue weighted by Gasteiger charge is 2.16. The molecule has 2 N–H and O–H groups in total. The number of unbranched alkanes of at least 4 members (excludes halogenated alkanes) is 1. The Labute approximate surface area is 122 Å². The van der Waals surface area contributed by atoms with Crippen LogP contribution in [0.5, 0.6) is 0 Å². The lowest BCUT2D eigenvalue weighted by atomic mass is 10.1. The van der Waals surface area contributed by atoms with Crippen LogP contribution in [0.15, 0.2) is 18.2 Å². The van der Waals surface area contributed by atoms with E-state index in [2.05, 4.69) is 16.9 Å². The highest BCUT2D eigenvalue weighted by Crippen LogP contribution is 2.25. The van der Waals surface area contributed by atoms with Gasteiger partial charge < -0.3 is 10.6 Å². The topological polar surface area (TPSA) is 84.3 Å². The minimum absolute atomic E-state index is 0.0732. The fraction of sp³-hybridized carbons (Fsp3) is 0.462. The summed E-state index contributed by atoms with van der Waals surface area (Å²) in [5, 5.41) is 16.6. The normalized spacial score (nSPS) is 10.1. The zero-order valence-corrected chi connectivity index (χ0v) is 12.5. The summed E-state index contributed by atoms with van der Waals surface area (Å²) >= 11 is 1.78. The van der Waals surface area contributed by atoms with Gasteiger partial charge in [0.25, 0.3) is 11.6 Å². The molecular weight excluding hydrogens is 278 g/mol. The van der Waals surface area contributed by atoms with Crippen LogP contribution >= 0.6 is 11.8 Å². The molecule has 0 heterocycles. The Hall–Kier alpha value is -1.76. The molecule has 7 heteroatoms. The van der Waals surface area contributed by atoms with Crippen molar-refractivity contribution in [2.24, 2.45) is 0 Å². The van der Waals surface area contributed by atoms with E-state index in [0.29, 0.717) is 12.2 Å². The number of hydrogen-bond donors (Lipinski definition) is 2. The average Bonchev–Trinajstić information content (AvgIpc) is 2.46. The predicted molar refractivity (Wildman–Crippen MR) is 82.6 cm³/mol. The smallest absolute Gasteiger partial charge is 0.293 e. The quantitative estimate of drug-likeness (QED) is 0.437. The molecule has 0 radical (unpaired) electrons. The van der Waals surface area contributed by atoms with Crippen LogP contribution in [0.3, 0.4) is 0 Å². The van der Waals surface area contributed by atoms with Crippen LogP contribution in [0.25, 0.3) is 0 Å². The molecule has 0 unspecified atom stereocenters. The highest BCUT2D eigenvalue weighted by atomic mass is 32.2. The van der Waals surface area contributed by atoms with Gasteiger partial charge in [-0.2, -0.15) is 11.8 Å². The highest BCUT2D eigenvalue weighted by molar-refractivity contribution is 7.98. The van der Waals surface area contributed by atoms with Crippen molar-refractivity contribution in [1.29, 1.82) is 0 Å². The zero-order chi connectivity index (χ0) is 15.0. The van der Waals surface area contributed by atoms with Gasteiger partial charge in [0.2, 0.25) is 0 Å². The van der Waals surface area contributed by atoms with E-state index in [1.54, 1.807) is 23.9 Å². The van der Waals surface area contributed by atoms with Gasteiger partial charge in [0.15, 0.2) is 0 Å². The molecule has 0 saturated heterocycles. The maximum Gasteiger partial charge on any atom is 0.293 e. The van der Waals surface area contributed by atoms with E-state index >= 15 is 0 Å². The SMILES string of the molecule is CNC(=O)c1ccc(NCCCCSC)c([N+](=O)[O-])c1. The summed E-state index contributed by atoms with van der Waals surface area (Å²) in [6.07, 6.45) is 4.07. The summed E-state index contributed by atoms with van der Waals surface area (Å²) in [5.41, 5.74) is 0.662. The van der Waals surface area contributed by atoms with E-state index in [4.69, 9.17) is 0 Å². The van der Waals surface area contributed by atoms with Gasteiger partial charge in [-0.25, -0.2) is 0 Å². The maximum absolute atomic E-state index is 11.5. The molecule has 0 aliphatic rings. The van der Waals surface area contributed by atoms with Crippen LogP contribution in [-0.4, -0.2) is 36.4 Å². The standard InChI is InChI=1S/C13H19N3O3S/c1-14-13(17)10-5-6-11(12(9-10)16(18)19)15-7-3-4-8-20-2/h5-6,9,15H,3-4,7-8H2,1-2H3,(H,14,17). The summed E-state index contributed by atoms with van der Waals surface area (Å²) in [6.45, 7) is 0.681. The molecule has 1 aromatic rings. The van der Waals surface area contributed by atoms with Gasteiger partial charge in [-0.05, 0) is 37.0 Å². The first kappa shape index (κ1) is 16.3. The van der Waals surface area contributed by atoms with Crippen LogP contribution in [0, 0.1) is 10.1 Å². The van der Waals surface area contributed by atoms with Gasteiger partial charge in [-0.1, -0.05) is 0 Å². The Kier molecular flexibility index (Phi) is 6.86. The van der Waals surface area contributed by atoms with E-state index in [1.165, 1.54) is 13.1 Å². The Morgan fingerprint density at radius 2 is 2.15 bits per heavy atom. The summed E-state index contributed by atoms with van der Waals surface area (Å²) in [4.78, 5) is 22.1. The van der Waals surface area contributed by atoms with Crippen molar-refractivity contribution in [3.8, 4) is 0 Å². The third-order valence-electron chi connectivity index (χ3n) is 2.77. The van der Waals surface area contributed by atoms with Crippen LogP contribution in [0.4, 0.5) is 11.4 Å². The minimum Gasteiger partial charge on any atom is -0.379 e. The van der Waals surface area contributed by atoms with Crippen molar-refractivity contribution >= 4 is 29.0 Å². The number of rotatable bonds is 8. The average molecular weight is 297 g/mol. The third kappa shape index (κ3) is 4.73. The van der Waals surface area contributed by atoms with E-state index in [9.17, 15) is 14.9 Å². The van der Waals surface area contributed by atoms with Gasteiger partial charge in [0, 0.05) is 25.2 Å². The molecule has 1 aromatic carbocycles. The summed E-state index contributed by atoms with van der Waals surface area (Å²) in [5.74, 6) is 0.749. The third-order valence-corrected chi connectivity index (χ3v) is 3.47. The number of amides is 1. The molecule has 1 rings (SSSR count). The van der Waals surface area contributed by atoms with Crippen LogP contribution in [0.2, 0.25) is 0 Å². The number of nitro benzene ring substituents is 1. The summed E-state index contributed by atoms with van der Waals surface area (Å²) in [6, 6.07) is 4.45. The Balaban J connectivity index is 2.75. The van der Waals surface area contributed by atoms with Crippen molar-refractivity contribution in [2.45, 2.75) is 12.8 Å². The van der Waals surface area contributed by atoms with Crippen molar-refractivity contribution in [2.75, 3.05) is 30.9 Å². The lowest BCUT2D eigenvalue weighted by Gasteiger charge is -2.08. The van der Waals surface area contributed by atoms with Crippen molar-refractivity contribution < 1.29 is 9.72 Å². The number of thioether (sulfide) groups is 1. The second kappa shape index (κ2) is 8.42. The first-order valence-corrected chi connectivity index (χ1v) is 7.73. The van der Waals surface area contributed by atoms with Gasteiger partial charge in [0.1, 0.15) is 5.69 Å². The minimum atomic E-state index is -0.476. The zero-order valence-electron chi connectivity index (χ0n) is 11.6.